The summed E-state index contributed by atoms with van der Waals surface area (Å²) >= 11 is 0. The molecule has 1 N–H and O–H groups in total. The Kier molecular flexibility index (Phi) is 6.33. The zero-order chi connectivity index (χ0) is 22.5. The maximum absolute atomic E-state index is 12.5. The Bertz CT molecular complexity index is 1280. The molecule has 0 bridgehead atoms. The van der Waals surface area contributed by atoms with E-state index in [9.17, 15) is 9.59 Å². The van der Waals surface area contributed by atoms with Gasteiger partial charge in [0.2, 0.25) is 0 Å². The van der Waals surface area contributed by atoms with Crippen LogP contribution in [0.15, 0.2) is 88.1 Å². The Labute approximate surface area is 184 Å². The Balaban J connectivity index is 1.48. The number of ether oxygens (including phenoxy) is 2. The van der Waals surface area contributed by atoms with Crippen LogP contribution < -0.4 is 10.2 Å². The molecule has 1 atom stereocenters. The molecule has 0 saturated carbocycles. The van der Waals surface area contributed by atoms with Gasteiger partial charge in [-0.2, -0.15) is 0 Å². The van der Waals surface area contributed by atoms with Crippen LogP contribution in [0.4, 0.5) is 0 Å². The van der Waals surface area contributed by atoms with Crippen molar-refractivity contribution in [3.05, 3.63) is 100 Å². The molecule has 162 valence electrons. The Morgan fingerprint density at radius 1 is 0.969 bits per heavy atom. The van der Waals surface area contributed by atoms with Crippen LogP contribution in [0.2, 0.25) is 0 Å². The van der Waals surface area contributed by atoms with E-state index in [1.165, 1.54) is 13.2 Å². The first-order chi connectivity index (χ1) is 15.5. The lowest BCUT2D eigenvalue weighted by Crippen LogP contribution is -2.24. The summed E-state index contributed by atoms with van der Waals surface area (Å²) in [5, 5.41) is 9.59. The van der Waals surface area contributed by atoms with Gasteiger partial charge in [0.25, 0.3) is 0 Å². The van der Waals surface area contributed by atoms with E-state index >= 15 is 0 Å². The summed E-state index contributed by atoms with van der Waals surface area (Å²) < 4.78 is 16.8. The number of rotatable bonds is 8. The minimum Gasteiger partial charge on any atom is -0.489 e. The van der Waals surface area contributed by atoms with Gasteiger partial charge in [-0.25, -0.2) is 4.79 Å². The second kappa shape index (κ2) is 9.49. The normalized spacial score (nSPS) is 11.9. The lowest BCUT2D eigenvalue weighted by molar-refractivity contribution is -0.148. The second-order valence-corrected chi connectivity index (χ2v) is 7.37. The fraction of sp³-hybridized carbons (Fsp3) is 0.154. The molecule has 1 heterocycles. The molecule has 0 radical (unpaired) electrons. The highest BCUT2D eigenvalue weighted by Gasteiger charge is 2.16. The van der Waals surface area contributed by atoms with Crippen LogP contribution in [-0.4, -0.2) is 24.3 Å². The van der Waals surface area contributed by atoms with Gasteiger partial charge in [0.1, 0.15) is 23.7 Å². The molecule has 0 aliphatic rings. The molecule has 0 saturated heterocycles. The third-order valence-corrected chi connectivity index (χ3v) is 5.17. The first-order valence-corrected chi connectivity index (χ1v) is 10.1. The van der Waals surface area contributed by atoms with E-state index in [1.807, 2.05) is 54.6 Å². The Hall–Kier alpha value is -3.90. The molecule has 4 rings (SSSR count). The fourth-order valence-corrected chi connectivity index (χ4v) is 3.39. The second-order valence-electron chi connectivity index (χ2n) is 7.37. The first-order valence-electron chi connectivity index (χ1n) is 10.1. The topological polar surface area (TPSA) is 86.0 Å². The van der Waals surface area contributed by atoms with E-state index in [0.29, 0.717) is 35.5 Å². The SMILES string of the molecule is CO[C@@H](Cc1ccc(COc2ccc3c(=O)cc(-c4ccccc4)oc3c2)cc1)C(=O)O. The number of carboxylic acid groups (broad SMARTS) is 1. The van der Waals surface area contributed by atoms with Gasteiger partial charge in [0.15, 0.2) is 11.5 Å². The molecule has 0 unspecified atom stereocenters. The molecule has 6 nitrogen and oxygen atoms in total. The maximum Gasteiger partial charge on any atom is 0.333 e. The van der Waals surface area contributed by atoms with Crippen molar-refractivity contribution in [1.29, 1.82) is 0 Å². The summed E-state index contributed by atoms with van der Waals surface area (Å²) in [6.07, 6.45) is -0.578. The van der Waals surface area contributed by atoms with E-state index in [-0.39, 0.29) is 5.43 Å². The van der Waals surface area contributed by atoms with Crippen molar-refractivity contribution in [1.82, 2.24) is 0 Å². The summed E-state index contributed by atoms with van der Waals surface area (Å²) in [5.41, 5.74) is 2.98. The van der Waals surface area contributed by atoms with Gasteiger partial charge < -0.3 is 19.0 Å². The van der Waals surface area contributed by atoms with Crippen LogP contribution in [0.3, 0.4) is 0 Å². The zero-order valence-corrected chi connectivity index (χ0v) is 17.5. The number of benzene rings is 3. The van der Waals surface area contributed by atoms with E-state index in [4.69, 9.17) is 19.0 Å². The quantitative estimate of drug-likeness (QED) is 0.437. The van der Waals surface area contributed by atoms with Gasteiger partial charge in [-0.1, -0.05) is 54.6 Å². The van der Waals surface area contributed by atoms with E-state index in [2.05, 4.69) is 0 Å². The molecule has 6 heteroatoms. The van der Waals surface area contributed by atoms with Crippen molar-refractivity contribution in [3.8, 4) is 17.1 Å². The van der Waals surface area contributed by atoms with Gasteiger partial charge in [0.05, 0.1) is 5.39 Å². The Morgan fingerprint density at radius 3 is 2.38 bits per heavy atom. The monoisotopic (exact) mass is 430 g/mol. The zero-order valence-electron chi connectivity index (χ0n) is 17.5. The lowest BCUT2D eigenvalue weighted by Gasteiger charge is -2.11. The standard InChI is InChI=1S/C26H22O6/c1-30-25(26(28)29)13-17-7-9-18(10-8-17)16-31-20-11-12-21-22(27)15-23(32-24(21)14-20)19-5-3-2-4-6-19/h2-12,14-15,25H,13,16H2,1H3,(H,28,29)/t25-/m0/s1. The van der Waals surface area contributed by atoms with Crippen molar-refractivity contribution in [3.63, 3.8) is 0 Å². The number of hydrogen-bond donors (Lipinski definition) is 1. The third kappa shape index (κ3) is 4.87. The Morgan fingerprint density at radius 2 is 1.69 bits per heavy atom. The van der Waals surface area contributed by atoms with Gasteiger partial charge >= 0.3 is 5.97 Å². The van der Waals surface area contributed by atoms with Crippen LogP contribution >= 0.6 is 0 Å². The van der Waals surface area contributed by atoms with Crippen LogP contribution in [0.5, 0.6) is 5.75 Å². The summed E-state index contributed by atoms with van der Waals surface area (Å²) in [6, 6.07) is 23.6. The van der Waals surface area contributed by atoms with Gasteiger partial charge in [-0.05, 0) is 23.3 Å². The predicted molar refractivity (Wildman–Crippen MR) is 121 cm³/mol. The van der Waals surface area contributed by atoms with Crippen molar-refractivity contribution >= 4 is 16.9 Å². The number of hydrogen-bond acceptors (Lipinski definition) is 5. The van der Waals surface area contributed by atoms with Crippen molar-refractivity contribution < 1.29 is 23.8 Å². The molecule has 0 amide bonds. The molecule has 3 aromatic carbocycles. The summed E-state index contributed by atoms with van der Waals surface area (Å²) in [6.45, 7) is 0.320. The van der Waals surface area contributed by atoms with E-state index < -0.39 is 12.1 Å². The molecule has 0 aliphatic heterocycles. The molecule has 1 aromatic heterocycles. The van der Waals surface area contributed by atoms with Crippen molar-refractivity contribution in [2.24, 2.45) is 0 Å². The van der Waals surface area contributed by atoms with Crippen LogP contribution in [0.25, 0.3) is 22.3 Å². The first kappa shape index (κ1) is 21.3. The summed E-state index contributed by atoms with van der Waals surface area (Å²) in [4.78, 5) is 23.6. The average Bonchev–Trinajstić information content (AvgIpc) is 2.82. The average molecular weight is 430 g/mol. The van der Waals surface area contributed by atoms with Crippen LogP contribution in [-0.2, 0) is 22.6 Å². The largest absolute Gasteiger partial charge is 0.489 e. The van der Waals surface area contributed by atoms with Crippen molar-refractivity contribution in [2.45, 2.75) is 19.1 Å². The smallest absolute Gasteiger partial charge is 0.333 e. The number of fused-ring (bicyclic) bond motifs is 1. The molecule has 0 aliphatic carbocycles. The molecule has 4 aromatic rings. The third-order valence-electron chi connectivity index (χ3n) is 5.17. The lowest BCUT2D eigenvalue weighted by atomic mass is 10.1. The van der Waals surface area contributed by atoms with E-state index in [1.54, 1.807) is 18.2 Å². The fourth-order valence-electron chi connectivity index (χ4n) is 3.39. The molecule has 0 spiro atoms. The van der Waals surface area contributed by atoms with E-state index in [0.717, 1.165) is 16.7 Å². The summed E-state index contributed by atoms with van der Waals surface area (Å²) in [5.74, 6) is 0.102. The molecule has 32 heavy (non-hydrogen) atoms. The highest BCUT2D eigenvalue weighted by molar-refractivity contribution is 5.80. The molecular formula is C26H22O6. The molecular weight excluding hydrogens is 408 g/mol. The number of aliphatic carboxylic acids is 1. The predicted octanol–water partition coefficient (Wildman–Crippen LogP) is 4.68. The van der Waals surface area contributed by atoms with Gasteiger partial charge in [-0.15, -0.1) is 0 Å². The van der Waals surface area contributed by atoms with Crippen molar-refractivity contribution in [2.75, 3.05) is 7.11 Å². The molecule has 0 fully saturated rings. The minimum atomic E-state index is -0.988. The highest BCUT2D eigenvalue weighted by atomic mass is 16.5. The number of carboxylic acids is 1. The number of carbonyl (C=O) groups is 1. The number of methoxy groups -OCH3 is 1. The summed E-state index contributed by atoms with van der Waals surface area (Å²) in [7, 11) is 1.38. The van der Waals surface area contributed by atoms with Gasteiger partial charge in [0, 0.05) is 31.2 Å². The van der Waals surface area contributed by atoms with Crippen LogP contribution in [0, 0.1) is 0 Å². The highest BCUT2D eigenvalue weighted by Crippen LogP contribution is 2.25. The maximum atomic E-state index is 12.5. The minimum absolute atomic E-state index is 0.108. The van der Waals surface area contributed by atoms with Gasteiger partial charge in [-0.3, -0.25) is 4.79 Å². The van der Waals surface area contributed by atoms with Crippen LogP contribution in [0.1, 0.15) is 11.1 Å².